The molecule has 0 radical (unpaired) electrons. The summed E-state index contributed by atoms with van der Waals surface area (Å²) in [7, 11) is 1.51. The van der Waals surface area contributed by atoms with Crippen molar-refractivity contribution < 1.29 is 29.5 Å². The minimum absolute atomic E-state index is 0.00331. The van der Waals surface area contributed by atoms with Crippen molar-refractivity contribution in [3.63, 3.8) is 0 Å². The van der Waals surface area contributed by atoms with E-state index in [0.29, 0.717) is 30.1 Å². The van der Waals surface area contributed by atoms with Crippen LogP contribution in [-0.4, -0.2) is 41.8 Å². The van der Waals surface area contributed by atoms with Gasteiger partial charge in [-0.05, 0) is 105 Å². The highest BCUT2D eigenvalue weighted by atomic mass is 19.4. The van der Waals surface area contributed by atoms with Crippen LogP contribution in [0.3, 0.4) is 0 Å². The summed E-state index contributed by atoms with van der Waals surface area (Å²) in [5.74, 6) is 1.84. The van der Waals surface area contributed by atoms with E-state index in [0.717, 1.165) is 38.5 Å². The standard InChI is InChI=1S/C24H39F3O3/c1-14(21(28)13-30-3)19-6-7-20-18-5-4-15-12-23(29,24(25,26)27)11-9-16(15)17(18)8-10-22(19,20)2/h14-21,28-29H,4-13H2,1-3H3/t14-,15+,16-,17+,18+,19+,20-,21+,22+,23+/m0/s1/i21D. The lowest BCUT2D eigenvalue weighted by Crippen LogP contribution is -2.55. The maximum absolute atomic E-state index is 13.4. The normalized spacial score (nSPS) is 49.9. The molecule has 4 fully saturated rings. The molecular formula is C24H39F3O3. The quantitative estimate of drug-likeness (QED) is 0.641. The van der Waals surface area contributed by atoms with Gasteiger partial charge in [-0.2, -0.15) is 13.2 Å². The SMILES string of the molecule is [2H][C@@](O)(COC)[C@@H](C)[C@H]1CC[C@H]2[C@@H]3CC[C@@H]4C[C@@](O)(C(F)(F)F)CC[C@@H]4[C@H]3CC[C@]12C. The van der Waals surface area contributed by atoms with Gasteiger partial charge in [-0.1, -0.05) is 13.8 Å². The molecule has 0 heterocycles. The average molecular weight is 434 g/mol. The Kier molecular flexibility index (Phi) is 5.67. The largest absolute Gasteiger partial charge is 0.417 e. The second kappa shape index (κ2) is 7.91. The van der Waals surface area contributed by atoms with Crippen LogP contribution in [0.25, 0.3) is 0 Å². The van der Waals surface area contributed by atoms with Gasteiger partial charge in [0.2, 0.25) is 0 Å². The number of aliphatic hydroxyl groups is 2. The Labute approximate surface area is 180 Å². The molecule has 10 atom stereocenters. The Morgan fingerprint density at radius 2 is 1.77 bits per heavy atom. The third kappa shape index (κ3) is 3.53. The Balaban J connectivity index is 1.50. The molecule has 0 aliphatic heterocycles. The summed E-state index contributed by atoms with van der Waals surface area (Å²) in [6.45, 7) is 4.32. The molecule has 4 aliphatic carbocycles. The maximum Gasteiger partial charge on any atom is 0.417 e. The first-order valence-electron chi connectivity index (χ1n) is 12.3. The summed E-state index contributed by atoms with van der Waals surface area (Å²) < 4.78 is 53.8. The van der Waals surface area contributed by atoms with Crippen LogP contribution in [0.2, 0.25) is 0 Å². The van der Waals surface area contributed by atoms with E-state index >= 15 is 0 Å². The summed E-state index contributed by atoms with van der Waals surface area (Å²) in [5, 5.41) is 20.9. The van der Waals surface area contributed by atoms with Crippen LogP contribution in [0, 0.1) is 46.8 Å². The van der Waals surface area contributed by atoms with Gasteiger partial charge in [-0.25, -0.2) is 0 Å². The lowest BCUT2D eigenvalue weighted by atomic mass is 9.48. The van der Waals surface area contributed by atoms with Crippen molar-refractivity contribution in [1.29, 1.82) is 0 Å². The van der Waals surface area contributed by atoms with Gasteiger partial charge in [0.1, 0.15) is 0 Å². The first-order chi connectivity index (χ1) is 14.3. The maximum atomic E-state index is 13.4. The predicted octanol–water partition coefficient (Wildman–Crippen LogP) is 5.19. The van der Waals surface area contributed by atoms with Crippen LogP contribution >= 0.6 is 0 Å². The Bertz CT molecular complexity index is 671. The van der Waals surface area contributed by atoms with Crippen LogP contribution in [0.5, 0.6) is 0 Å². The zero-order valence-electron chi connectivity index (χ0n) is 19.5. The van der Waals surface area contributed by atoms with Crippen LogP contribution in [0.15, 0.2) is 0 Å². The lowest BCUT2D eigenvalue weighted by molar-refractivity contribution is -0.282. The van der Waals surface area contributed by atoms with E-state index in [1.807, 2.05) is 6.92 Å². The molecule has 6 heteroatoms. The fourth-order valence-electron chi connectivity index (χ4n) is 8.51. The molecule has 0 aromatic heterocycles. The van der Waals surface area contributed by atoms with E-state index in [1.165, 1.54) is 7.11 Å². The molecule has 174 valence electrons. The smallest absolute Gasteiger partial charge is 0.390 e. The molecule has 0 amide bonds. The van der Waals surface area contributed by atoms with E-state index in [2.05, 4.69) is 6.92 Å². The molecule has 30 heavy (non-hydrogen) atoms. The summed E-state index contributed by atoms with van der Waals surface area (Å²) >= 11 is 0. The number of ether oxygens (including phenoxy) is 1. The van der Waals surface area contributed by atoms with E-state index < -0.39 is 17.9 Å². The number of hydrogen-bond donors (Lipinski definition) is 2. The average Bonchev–Trinajstić information content (AvgIpc) is 3.03. The Morgan fingerprint density at radius 1 is 1.07 bits per heavy atom. The fraction of sp³-hybridized carbons (Fsp3) is 1.00. The summed E-state index contributed by atoms with van der Waals surface area (Å²) in [6.07, 6.45) is -0.102. The molecule has 0 aromatic carbocycles. The van der Waals surface area contributed by atoms with Gasteiger partial charge < -0.3 is 14.9 Å². The second-order valence-electron chi connectivity index (χ2n) is 11.1. The zero-order valence-corrected chi connectivity index (χ0v) is 18.5. The highest BCUT2D eigenvalue weighted by Crippen LogP contribution is 2.66. The third-order valence-corrected chi connectivity index (χ3v) is 10.0. The predicted molar refractivity (Wildman–Crippen MR) is 109 cm³/mol. The second-order valence-corrected chi connectivity index (χ2v) is 11.1. The van der Waals surface area contributed by atoms with Crippen molar-refractivity contribution in [2.75, 3.05) is 13.7 Å². The van der Waals surface area contributed by atoms with Gasteiger partial charge in [-0.3, -0.25) is 0 Å². The van der Waals surface area contributed by atoms with E-state index in [9.17, 15) is 23.4 Å². The monoisotopic (exact) mass is 433 g/mol. The number of methoxy groups -OCH3 is 1. The number of halogens is 3. The molecule has 0 spiro atoms. The molecule has 0 aromatic rings. The van der Waals surface area contributed by atoms with E-state index in [-0.39, 0.29) is 42.6 Å². The number of rotatable bonds is 4. The van der Waals surface area contributed by atoms with Gasteiger partial charge in [0.05, 0.1) is 14.1 Å². The van der Waals surface area contributed by atoms with Crippen molar-refractivity contribution in [3.05, 3.63) is 0 Å². The molecule has 0 unspecified atom stereocenters. The van der Waals surface area contributed by atoms with Crippen LogP contribution in [0.1, 0.15) is 73.0 Å². The number of fused-ring (bicyclic) bond motifs is 5. The molecule has 0 saturated heterocycles. The van der Waals surface area contributed by atoms with Crippen molar-refractivity contribution in [3.8, 4) is 0 Å². The first-order valence-corrected chi connectivity index (χ1v) is 11.8. The van der Waals surface area contributed by atoms with Crippen LogP contribution < -0.4 is 0 Å². The first kappa shape index (κ1) is 21.5. The minimum Gasteiger partial charge on any atom is -0.390 e. The van der Waals surface area contributed by atoms with Gasteiger partial charge in [-0.15, -0.1) is 0 Å². The third-order valence-electron chi connectivity index (χ3n) is 10.0. The summed E-state index contributed by atoms with van der Waals surface area (Å²) in [4.78, 5) is 0. The Morgan fingerprint density at radius 3 is 2.43 bits per heavy atom. The lowest BCUT2D eigenvalue weighted by Gasteiger charge is -2.57. The van der Waals surface area contributed by atoms with Crippen molar-refractivity contribution >= 4 is 0 Å². The van der Waals surface area contributed by atoms with Crippen molar-refractivity contribution in [2.45, 2.75) is 89.5 Å². The van der Waals surface area contributed by atoms with Crippen molar-refractivity contribution in [2.24, 2.45) is 46.8 Å². The summed E-state index contributed by atoms with van der Waals surface area (Å²) in [5.41, 5.74) is -2.43. The topological polar surface area (TPSA) is 49.7 Å². The number of alkyl halides is 3. The molecule has 4 saturated carbocycles. The highest BCUT2D eigenvalue weighted by molar-refractivity contribution is 5.08. The zero-order chi connectivity index (χ0) is 22.8. The summed E-state index contributed by atoms with van der Waals surface area (Å²) in [6, 6.07) is 0. The van der Waals surface area contributed by atoms with Gasteiger partial charge in [0.15, 0.2) is 5.60 Å². The van der Waals surface area contributed by atoms with Gasteiger partial charge in [0.25, 0.3) is 0 Å². The Hall–Kier alpha value is -0.330. The molecular weight excluding hydrogens is 393 g/mol. The molecule has 4 aliphatic rings. The molecule has 2 N–H and O–H groups in total. The van der Waals surface area contributed by atoms with Crippen LogP contribution in [0.4, 0.5) is 13.2 Å². The van der Waals surface area contributed by atoms with E-state index in [4.69, 9.17) is 6.11 Å². The van der Waals surface area contributed by atoms with Gasteiger partial charge >= 0.3 is 6.18 Å². The number of hydrogen-bond acceptors (Lipinski definition) is 3. The van der Waals surface area contributed by atoms with Crippen molar-refractivity contribution in [1.82, 2.24) is 0 Å². The molecule has 3 nitrogen and oxygen atoms in total. The van der Waals surface area contributed by atoms with E-state index in [1.54, 1.807) is 0 Å². The van der Waals surface area contributed by atoms with Gasteiger partial charge in [0, 0.05) is 7.11 Å². The van der Waals surface area contributed by atoms with Crippen LogP contribution in [-0.2, 0) is 4.74 Å². The minimum atomic E-state index is -4.54. The fourth-order valence-corrected chi connectivity index (χ4v) is 8.51. The molecule has 4 rings (SSSR count). The molecule has 0 bridgehead atoms. The highest BCUT2D eigenvalue weighted by Gasteiger charge is 2.62.